The van der Waals surface area contributed by atoms with Crippen LogP contribution in [0.15, 0.2) is 35.6 Å². The van der Waals surface area contributed by atoms with Gasteiger partial charge in [-0.1, -0.05) is 5.92 Å². The summed E-state index contributed by atoms with van der Waals surface area (Å²) in [6.07, 6.45) is -0.678. The molecule has 1 aromatic carbocycles. The average Bonchev–Trinajstić information content (AvgIpc) is 2.75. The number of nitrogens with one attached hydrogen (secondary N) is 1. The van der Waals surface area contributed by atoms with Crippen LogP contribution in [0.25, 0.3) is 0 Å². The van der Waals surface area contributed by atoms with Gasteiger partial charge in [-0.2, -0.15) is 0 Å². The summed E-state index contributed by atoms with van der Waals surface area (Å²) in [7, 11) is 0. The third kappa shape index (κ3) is 4.92. The number of aliphatic imine (C=N–C) groups is 1. The van der Waals surface area contributed by atoms with Crippen LogP contribution in [0.2, 0.25) is 0 Å². The van der Waals surface area contributed by atoms with E-state index >= 15 is 0 Å². The zero-order valence-electron chi connectivity index (χ0n) is 16.4. The largest absolute Gasteiger partial charge is 0.463 e. The minimum absolute atomic E-state index is 0.0566. The first-order chi connectivity index (χ1) is 14.9. The number of amidine groups is 1. The van der Waals surface area contributed by atoms with Gasteiger partial charge < -0.3 is 20.5 Å². The molecule has 2 aromatic rings. The Morgan fingerprint density at radius 3 is 2.84 bits per heavy atom. The van der Waals surface area contributed by atoms with Crippen LogP contribution in [-0.4, -0.2) is 48.0 Å². The van der Waals surface area contributed by atoms with E-state index in [2.05, 4.69) is 32.1 Å². The van der Waals surface area contributed by atoms with Crippen LogP contribution in [0.1, 0.15) is 23.0 Å². The van der Waals surface area contributed by atoms with Crippen molar-refractivity contribution >= 4 is 17.4 Å². The number of rotatable bonds is 6. The van der Waals surface area contributed by atoms with E-state index in [0.717, 1.165) is 12.1 Å². The van der Waals surface area contributed by atoms with Gasteiger partial charge in [0.1, 0.15) is 24.0 Å². The van der Waals surface area contributed by atoms with Crippen molar-refractivity contribution in [3.63, 3.8) is 0 Å². The van der Waals surface area contributed by atoms with E-state index in [-0.39, 0.29) is 36.3 Å². The van der Waals surface area contributed by atoms with Gasteiger partial charge in [-0.25, -0.2) is 23.1 Å². The van der Waals surface area contributed by atoms with Gasteiger partial charge in [0.15, 0.2) is 12.1 Å². The molecule has 0 saturated carbocycles. The molecule has 2 heterocycles. The second kappa shape index (κ2) is 9.44. The lowest BCUT2D eigenvalue weighted by Crippen LogP contribution is -2.45. The summed E-state index contributed by atoms with van der Waals surface area (Å²) in [6.45, 7) is 1.09. The Labute approximate surface area is 175 Å². The van der Waals surface area contributed by atoms with E-state index in [9.17, 15) is 18.0 Å². The van der Waals surface area contributed by atoms with E-state index in [1.807, 2.05) is 0 Å². The Kier molecular flexibility index (Phi) is 6.71. The normalized spacial score (nSPS) is 18.0. The topological polar surface area (TPSA) is 112 Å². The van der Waals surface area contributed by atoms with Gasteiger partial charge in [0, 0.05) is 11.3 Å². The third-order valence-electron chi connectivity index (χ3n) is 4.30. The quantitative estimate of drug-likeness (QED) is 0.675. The molecule has 31 heavy (non-hydrogen) atoms. The van der Waals surface area contributed by atoms with Crippen molar-refractivity contribution in [3.05, 3.63) is 47.7 Å². The number of carbonyl (C=O) groups excluding carboxylic acids is 1. The zero-order chi connectivity index (χ0) is 22.4. The number of nitrogens with two attached hydrogens (primary N) is 1. The van der Waals surface area contributed by atoms with Crippen molar-refractivity contribution in [1.82, 2.24) is 9.97 Å². The van der Waals surface area contributed by atoms with Crippen LogP contribution in [0, 0.1) is 17.7 Å². The molecule has 1 atom stereocenters. The number of hydrogen-bond donors (Lipinski definition) is 2. The summed E-state index contributed by atoms with van der Waals surface area (Å²) in [5.41, 5.74) is 2.78. The van der Waals surface area contributed by atoms with E-state index in [4.69, 9.17) is 15.2 Å². The van der Waals surface area contributed by atoms with Gasteiger partial charge in [-0.3, -0.25) is 9.79 Å². The van der Waals surface area contributed by atoms with Gasteiger partial charge in [-0.05, 0) is 25.1 Å². The fourth-order valence-electron chi connectivity index (χ4n) is 2.82. The number of anilines is 1. The highest BCUT2D eigenvalue weighted by Gasteiger charge is 2.46. The minimum Gasteiger partial charge on any atom is -0.463 e. The number of carbonyl (C=O) groups is 1. The summed E-state index contributed by atoms with van der Waals surface area (Å²) in [5.74, 6) is 3.73. The standard InChI is InChI=1S/C20H18F3N5O3/c1-2-3-6-31-17-9-25-15(8-26-17)18(29)27-12-4-5-14(21)13(7-12)20(19(22)23)11-30-10-16(24)28-20/h4-5,7-9,19H,6,10-11H2,1H3,(H2,24,28)(H,27,29)/t20-/m0/s1. The molecule has 0 aliphatic carbocycles. The number of alkyl halides is 2. The molecule has 0 fully saturated rings. The number of halogens is 3. The molecule has 0 saturated heterocycles. The number of nitrogens with zero attached hydrogens (tertiary/aromatic N) is 3. The van der Waals surface area contributed by atoms with Gasteiger partial charge in [0.25, 0.3) is 12.3 Å². The lowest BCUT2D eigenvalue weighted by atomic mass is 9.90. The molecule has 1 aromatic heterocycles. The van der Waals surface area contributed by atoms with E-state index in [1.165, 1.54) is 18.5 Å². The lowest BCUT2D eigenvalue weighted by Gasteiger charge is -2.33. The predicted octanol–water partition coefficient (Wildman–Crippen LogP) is 2.12. The molecule has 1 aliphatic heterocycles. The van der Waals surface area contributed by atoms with Crippen LogP contribution < -0.4 is 15.8 Å². The SMILES string of the molecule is CC#CCOc1cnc(C(=O)Nc2ccc(F)c([C@]3(C(F)F)COCC(N)=N3)c2)cn1. The maximum atomic E-state index is 14.5. The van der Waals surface area contributed by atoms with Crippen molar-refractivity contribution in [2.24, 2.45) is 10.7 Å². The molecule has 11 heteroatoms. The Morgan fingerprint density at radius 2 is 2.19 bits per heavy atom. The molecule has 0 unspecified atom stereocenters. The first-order valence-corrected chi connectivity index (χ1v) is 9.01. The van der Waals surface area contributed by atoms with E-state index in [0.29, 0.717) is 0 Å². The Morgan fingerprint density at radius 1 is 1.39 bits per heavy atom. The molecule has 1 amide bonds. The predicted molar refractivity (Wildman–Crippen MR) is 105 cm³/mol. The highest BCUT2D eigenvalue weighted by Crippen LogP contribution is 2.38. The van der Waals surface area contributed by atoms with Crippen molar-refractivity contribution in [1.29, 1.82) is 0 Å². The minimum atomic E-state index is -3.09. The second-order valence-corrected chi connectivity index (χ2v) is 6.42. The molecule has 162 valence electrons. The van der Waals surface area contributed by atoms with Gasteiger partial charge in [-0.15, -0.1) is 5.92 Å². The molecular formula is C20H18F3N5O3. The van der Waals surface area contributed by atoms with Gasteiger partial charge >= 0.3 is 0 Å². The van der Waals surface area contributed by atoms with Crippen LogP contribution in [0.5, 0.6) is 5.88 Å². The number of amides is 1. The van der Waals surface area contributed by atoms with Crippen molar-refractivity contribution in [2.75, 3.05) is 25.1 Å². The summed E-state index contributed by atoms with van der Waals surface area (Å²) in [6, 6.07) is 3.24. The monoisotopic (exact) mass is 433 g/mol. The van der Waals surface area contributed by atoms with Crippen LogP contribution >= 0.6 is 0 Å². The number of hydrogen-bond acceptors (Lipinski definition) is 7. The van der Waals surface area contributed by atoms with Crippen LogP contribution in [0.4, 0.5) is 18.9 Å². The highest BCUT2D eigenvalue weighted by atomic mass is 19.3. The van der Waals surface area contributed by atoms with Crippen LogP contribution in [-0.2, 0) is 10.3 Å². The molecule has 0 spiro atoms. The summed E-state index contributed by atoms with van der Waals surface area (Å²) < 4.78 is 52.5. The fraction of sp³-hybridized carbons (Fsp3) is 0.300. The average molecular weight is 433 g/mol. The number of benzene rings is 1. The summed E-state index contributed by atoms with van der Waals surface area (Å²) >= 11 is 0. The Bertz CT molecular complexity index is 1050. The maximum absolute atomic E-state index is 14.5. The third-order valence-corrected chi connectivity index (χ3v) is 4.30. The number of ether oxygens (including phenoxy) is 2. The van der Waals surface area contributed by atoms with Crippen molar-refractivity contribution < 1.29 is 27.4 Å². The Hall–Kier alpha value is -3.65. The van der Waals surface area contributed by atoms with Crippen molar-refractivity contribution in [2.45, 2.75) is 18.9 Å². The molecule has 0 radical (unpaired) electrons. The van der Waals surface area contributed by atoms with Gasteiger partial charge in [0.05, 0.1) is 19.0 Å². The first kappa shape index (κ1) is 22.0. The fourth-order valence-corrected chi connectivity index (χ4v) is 2.82. The van der Waals surface area contributed by atoms with Gasteiger partial charge in [0.2, 0.25) is 5.88 Å². The highest BCUT2D eigenvalue weighted by molar-refractivity contribution is 6.02. The smallest absolute Gasteiger partial charge is 0.275 e. The summed E-state index contributed by atoms with van der Waals surface area (Å²) in [5, 5.41) is 2.47. The molecule has 8 nitrogen and oxygen atoms in total. The Balaban J connectivity index is 1.82. The second-order valence-electron chi connectivity index (χ2n) is 6.42. The maximum Gasteiger partial charge on any atom is 0.275 e. The van der Waals surface area contributed by atoms with Crippen LogP contribution in [0.3, 0.4) is 0 Å². The zero-order valence-corrected chi connectivity index (χ0v) is 16.4. The lowest BCUT2D eigenvalue weighted by molar-refractivity contribution is -0.0145. The van der Waals surface area contributed by atoms with E-state index in [1.54, 1.807) is 6.92 Å². The molecule has 3 rings (SSSR count). The van der Waals surface area contributed by atoms with Crippen molar-refractivity contribution in [3.8, 4) is 17.7 Å². The molecule has 3 N–H and O–H groups in total. The molecule has 0 bridgehead atoms. The summed E-state index contributed by atoms with van der Waals surface area (Å²) in [4.78, 5) is 24.1. The van der Waals surface area contributed by atoms with E-state index < -0.39 is 35.9 Å². The number of aromatic nitrogens is 2. The molecule has 1 aliphatic rings. The molecular weight excluding hydrogens is 415 g/mol. The first-order valence-electron chi connectivity index (χ1n) is 9.01.